The fourth-order valence-electron chi connectivity index (χ4n) is 9.73. The Hall–Kier alpha value is -9.94. The highest BCUT2D eigenvalue weighted by atomic mass is 15.1. The molecule has 0 unspecified atom stereocenters. The fraction of sp³-hybridized carbons (Fsp3) is 0. The van der Waals surface area contributed by atoms with E-state index >= 15 is 0 Å². The zero-order valence-electron chi connectivity index (χ0n) is 36.8. The molecule has 0 bridgehead atoms. The highest BCUT2D eigenvalue weighted by molar-refractivity contribution is 6.24. The molecule has 0 aliphatic rings. The molecule has 12 nitrogen and oxygen atoms in total. The van der Waals surface area contributed by atoms with Gasteiger partial charge in [0.05, 0.1) is 68.3 Å². The van der Waals surface area contributed by atoms with Crippen LogP contribution in [-0.4, -0.2) is 60.3 Å². The van der Waals surface area contributed by atoms with Gasteiger partial charge in [-0.15, -0.1) is 15.3 Å². The summed E-state index contributed by atoms with van der Waals surface area (Å²) in [5, 5.41) is 26.5. The van der Waals surface area contributed by atoms with E-state index in [0.717, 1.165) is 59.9 Å². The molecule has 6 aromatic carbocycles. The monoisotopic (exact) mass is 896 g/mol. The van der Waals surface area contributed by atoms with Crippen LogP contribution in [-0.2, 0) is 0 Å². The van der Waals surface area contributed by atoms with E-state index in [-0.39, 0.29) is 0 Å². The largest absolute Gasteiger partial charge is 0.255 e. The van der Waals surface area contributed by atoms with Crippen LogP contribution in [0.1, 0.15) is 0 Å². The molecule has 324 valence electrons. The molecule has 0 saturated heterocycles. The number of nitrogens with zero attached hydrogens (tertiary/aromatic N) is 12. The third kappa shape index (κ3) is 6.31. The van der Waals surface area contributed by atoms with Crippen LogP contribution in [0.15, 0.2) is 195 Å². The molecule has 0 N–H and O–H groups in total. The Morgan fingerprint density at radius 1 is 0.286 bits per heavy atom. The van der Waals surface area contributed by atoms with Crippen LogP contribution >= 0.6 is 0 Å². The van der Waals surface area contributed by atoms with Gasteiger partial charge in [0.15, 0.2) is 5.82 Å². The summed E-state index contributed by atoms with van der Waals surface area (Å²) >= 11 is 0. The van der Waals surface area contributed by atoms with E-state index in [4.69, 9.17) is 55.3 Å². The van der Waals surface area contributed by atoms with Crippen LogP contribution in [0.3, 0.4) is 0 Å². The first-order valence-electron chi connectivity index (χ1n) is 22.7. The Balaban J connectivity index is 1.29. The van der Waals surface area contributed by atoms with Gasteiger partial charge in [0, 0.05) is 78.7 Å². The molecular weight excluding hydrogens is 865 g/mol. The minimum Gasteiger partial charge on any atom is -0.255 e. The molecule has 0 aliphatic heterocycles. The molecule has 0 aliphatic carbocycles. The van der Waals surface area contributed by atoms with Crippen molar-refractivity contribution in [3.8, 4) is 67.8 Å². The van der Waals surface area contributed by atoms with Gasteiger partial charge in [-0.25, -0.2) is 24.9 Å². The van der Waals surface area contributed by atoms with Gasteiger partial charge >= 0.3 is 0 Å². The van der Waals surface area contributed by atoms with Crippen LogP contribution in [0.25, 0.3) is 144 Å². The van der Waals surface area contributed by atoms with Crippen molar-refractivity contribution in [1.82, 2.24) is 60.3 Å². The van der Waals surface area contributed by atoms with Gasteiger partial charge in [-0.1, -0.05) is 103 Å². The molecule has 0 fully saturated rings. The van der Waals surface area contributed by atoms with Crippen LogP contribution in [0.5, 0.6) is 0 Å². The maximum atomic E-state index is 5.48. The summed E-state index contributed by atoms with van der Waals surface area (Å²) in [5.41, 5.74) is 11.8. The lowest BCUT2D eigenvalue weighted by molar-refractivity contribution is 1.05. The van der Waals surface area contributed by atoms with Gasteiger partial charge in [0.1, 0.15) is 16.9 Å². The van der Waals surface area contributed by atoms with E-state index in [2.05, 4.69) is 41.4 Å². The van der Waals surface area contributed by atoms with Gasteiger partial charge in [0.25, 0.3) is 0 Å². The topological polar surface area (TPSA) is 155 Å². The molecule has 70 heavy (non-hydrogen) atoms. The molecule has 14 rings (SSSR count). The predicted molar refractivity (Wildman–Crippen MR) is 275 cm³/mol. The SMILES string of the molecule is c1ccc2nc(-c3c(-c4nncc5ccccc45)c(-c4ccc5ncccc5n4)c4c(-c5cnc6ccccc6n5)c(-c5ncc6ccccc6n5)nnc4c3-c3nccc4ccccc34)ccc2c1. The van der Waals surface area contributed by atoms with E-state index in [1.807, 2.05) is 140 Å². The van der Waals surface area contributed by atoms with Crippen molar-refractivity contribution < 1.29 is 0 Å². The van der Waals surface area contributed by atoms with Gasteiger partial charge in [0.2, 0.25) is 0 Å². The summed E-state index contributed by atoms with van der Waals surface area (Å²) in [5.74, 6) is 0.358. The van der Waals surface area contributed by atoms with Crippen molar-refractivity contribution >= 4 is 76.3 Å². The molecule has 0 radical (unpaired) electrons. The molecular formula is C58H32N12. The summed E-state index contributed by atoms with van der Waals surface area (Å²) in [6, 6.07) is 54.2. The minimum absolute atomic E-state index is 0.358. The van der Waals surface area contributed by atoms with E-state index in [9.17, 15) is 0 Å². The maximum Gasteiger partial charge on any atom is 0.181 e. The molecule has 8 aromatic heterocycles. The summed E-state index contributed by atoms with van der Waals surface area (Å²) in [6.45, 7) is 0. The number of hydrogen-bond donors (Lipinski definition) is 0. The van der Waals surface area contributed by atoms with Gasteiger partial charge in [-0.2, -0.15) is 5.10 Å². The number of rotatable bonds is 6. The molecule has 0 amide bonds. The van der Waals surface area contributed by atoms with Crippen molar-refractivity contribution in [1.29, 1.82) is 0 Å². The van der Waals surface area contributed by atoms with Crippen LogP contribution in [0.2, 0.25) is 0 Å². The van der Waals surface area contributed by atoms with Crippen molar-refractivity contribution in [2.24, 2.45) is 0 Å². The van der Waals surface area contributed by atoms with Crippen LogP contribution in [0, 0.1) is 0 Å². The molecule has 8 heterocycles. The Kier molecular flexibility index (Phi) is 8.89. The zero-order chi connectivity index (χ0) is 46.1. The van der Waals surface area contributed by atoms with Crippen molar-refractivity contribution in [3.05, 3.63) is 195 Å². The molecule has 0 saturated carbocycles. The molecule has 0 spiro atoms. The van der Waals surface area contributed by atoms with Gasteiger partial charge < -0.3 is 0 Å². The summed E-state index contributed by atoms with van der Waals surface area (Å²) in [7, 11) is 0. The number of fused-ring (bicyclic) bond motifs is 7. The summed E-state index contributed by atoms with van der Waals surface area (Å²) < 4.78 is 0. The average molecular weight is 897 g/mol. The fourth-order valence-corrected chi connectivity index (χ4v) is 9.73. The number of hydrogen-bond acceptors (Lipinski definition) is 12. The Labute approximate surface area is 397 Å². The number of aromatic nitrogens is 12. The normalized spacial score (nSPS) is 11.7. The number of pyridine rings is 4. The number of para-hydroxylation sites is 4. The Morgan fingerprint density at radius 2 is 0.929 bits per heavy atom. The Bertz CT molecular complexity index is 4450. The molecule has 14 aromatic rings. The van der Waals surface area contributed by atoms with E-state index in [1.165, 1.54) is 0 Å². The first-order chi connectivity index (χ1) is 34.7. The second kappa shape index (κ2) is 15.9. The zero-order valence-corrected chi connectivity index (χ0v) is 36.8. The van der Waals surface area contributed by atoms with Crippen LogP contribution in [0.4, 0.5) is 0 Å². The lowest BCUT2D eigenvalue weighted by atomic mass is 9.81. The average Bonchev–Trinajstić information content (AvgIpc) is 3.44. The quantitative estimate of drug-likeness (QED) is 0.156. The first-order valence-corrected chi connectivity index (χ1v) is 22.7. The summed E-state index contributed by atoms with van der Waals surface area (Å²) in [4.78, 5) is 41.4. The van der Waals surface area contributed by atoms with Gasteiger partial charge in [-0.3, -0.25) is 15.0 Å². The minimum atomic E-state index is 0.358. The molecule has 12 heteroatoms. The van der Waals surface area contributed by atoms with Crippen LogP contribution < -0.4 is 0 Å². The standard InChI is InChI=1S/C58H32N12/c1-5-16-37-33(12-1)27-29-60-54(37)53-49(45-24-23-34-13-3-7-18-39(34)64-45)51(55-38-17-6-2-14-35(38)31-63-68-55)48(46-26-25-42-44(65-46)22-11-28-59-42)52-50(47-32-61-41-20-9-10-21-43(41)66-47)57(70-69-56(52)53)58-62-30-36-15-4-8-19-40(36)67-58/h1-32H. The van der Waals surface area contributed by atoms with Crippen molar-refractivity contribution in [2.75, 3.05) is 0 Å². The third-order valence-electron chi connectivity index (χ3n) is 12.9. The highest BCUT2D eigenvalue weighted by Crippen LogP contribution is 2.54. The van der Waals surface area contributed by atoms with Crippen molar-refractivity contribution in [2.45, 2.75) is 0 Å². The van der Waals surface area contributed by atoms with Gasteiger partial charge in [-0.05, 0) is 66.0 Å². The van der Waals surface area contributed by atoms with E-state index in [0.29, 0.717) is 84.2 Å². The first kappa shape index (κ1) is 39.2. The van der Waals surface area contributed by atoms with E-state index in [1.54, 1.807) is 18.6 Å². The number of benzene rings is 6. The highest BCUT2D eigenvalue weighted by Gasteiger charge is 2.33. The predicted octanol–water partition coefficient (Wildman–Crippen LogP) is 12.5. The lowest BCUT2D eigenvalue weighted by Crippen LogP contribution is -2.07. The Morgan fingerprint density at radius 3 is 1.79 bits per heavy atom. The van der Waals surface area contributed by atoms with E-state index < -0.39 is 0 Å². The molecule has 0 atom stereocenters. The second-order valence-corrected chi connectivity index (χ2v) is 16.9. The maximum absolute atomic E-state index is 5.48. The third-order valence-corrected chi connectivity index (χ3v) is 12.9. The smallest absolute Gasteiger partial charge is 0.181 e. The second-order valence-electron chi connectivity index (χ2n) is 16.9. The van der Waals surface area contributed by atoms with Crippen molar-refractivity contribution in [3.63, 3.8) is 0 Å². The lowest BCUT2D eigenvalue weighted by Gasteiger charge is -2.24. The summed E-state index contributed by atoms with van der Waals surface area (Å²) in [6.07, 6.45) is 9.00.